The van der Waals surface area contributed by atoms with Gasteiger partial charge in [0.05, 0.1) is 20.8 Å². The Morgan fingerprint density at radius 1 is 1.00 bits per heavy atom. The van der Waals surface area contributed by atoms with Crippen LogP contribution in [0.3, 0.4) is 0 Å². The zero-order valence-corrected chi connectivity index (χ0v) is 15.1. The van der Waals surface area contributed by atoms with Crippen molar-refractivity contribution >= 4 is 16.7 Å². The maximum absolute atomic E-state index is 11.5. The maximum atomic E-state index is 11.5. The van der Waals surface area contributed by atoms with E-state index in [-0.39, 0.29) is 0 Å². The van der Waals surface area contributed by atoms with E-state index in [2.05, 4.69) is 13.8 Å². The number of hydrogen-bond donors (Lipinski definition) is 0. The van der Waals surface area contributed by atoms with Gasteiger partial charge in [0.15, 0.2) is 11.5 Å². The summed E-state index contributed by atoms with van der Waals surface area (Å²) in [6.07, 6.45) is 0. The number of aryl methyl sites for hydroxylation is 1. The molecule has 0 fully saturated rings. The highest BCUT2D eigenvalue weighted by molar-refractivity contribution is 6.00. The Morgan fingerprint density at radius 2 is 1.62 bits per heavy atom. The summed E-state index contributed by atoms with van der Waals surface area (Å²) in [4.78, 5) is 11.5. The molecule has 0 N–H and O–H groups in total. The summed E-state index contributed by atoms with van der Waals surface area (Å²) in [6.45, 7) is 8.03. The van der Waals surface area contributed by atoms with Gasteiger partial charge in [-0.2, -0.15) is 0 Å². The third kappa shape index (κ3) is 3.55. The first-order chi connectivity index (χ1) is 11.4. The van der Waals surface area contributed by atoms with Crippen LogP contribution < -0.4 is 18.9 Å². The van der Waals surface area contributed by atoms with E-state index in [0.29, 0.717) is 35.5 Å². The molecule has 0 aliphatic rings. The second-order valence-corrected chi connectivity index (χ2v) is 6.07. The molecule has 0 aromatic heterocycles. The summed E-state index contributed by atoms with van der Waals surface area (Å²) in [5, 5.41) is 1.57. The SMILES string of the molecule is COc1c(OC)c(OC(C)=O)c2ccc(C)cc2c1OCC(C)C. The number of carbonyl (C=O) groups excluding carboxylic acids is 1. The molecule has 2 aromatic carbocycles. The van der Waals surface area contributed by atoms with Crippen LogP contribution in [0.25, 0.3) is 10.8 Å². The van der Waals surface area contributed by atoms with Gasteiger partial charge in [0.2, 0.25) is 11.5 Å². The normalized spacial score (nSPS) is 10.8. The molecule has 2 rings (SSSR count). The molecule has 0 unspecified atom stereocenters. The van der Waals surface area contributed by atoms with Crippen molar-refractivity contribution in [3.8, 4) is 23.0 Å². The number of methoxy groups -OCH3 is 2. The van der Waals surface area contributed by atoms with E-state index in [1.165, 1.54) is 14.0 Å². The summed E-state index contributed by atoms with van der Waals surface area (Å²) < 4.78 is 22.4. The van der Waals surface area contributed by atoms with Crippen molar-refractivity contribution in [2.45, 2.75) is 27.7 Å². The minimum absolute atomic E-state index is 0.341. The van der Waals surface area contributed by atoms with Gasteiger partial charge in [-0.1, -0.05) is 31.5 Å². The van der Waals surface area contributed by atoms with E-state index in [1.54, 1.807) is 7.11 Å². The van der Waals surface area contributed by atoms with Crippen LogP contribution in [-0.2, 0) is 4.79 Å². The first-order valence-corrected chi connectivity index (χ1v) is 7.88. The summed E-state index contributed by atoms with van der Waals surface area (Å²) in [6, 6.07) is 5.83. The molecule has 2 aromatic rings. The van der Waals surface area contributed by atoms with E-state index in [9.17, 15) is 4.79 Å². The topological polar surface area (TPSA) is 54.0 Å². The minimum atomic E-state index is -0.423. The van der Waals surface area contributed by atoms with Crippen molar-refractivity contribution in [1.82, 2.24) is 0 Å². The molecule has 0 heterocycles. The molecule has 0 aliphatic heterocycles. The highest BCUT2D eigenvalue weighted by atomic mass is 16.6. The summed E-state index contributed by atoms with van der Waals surface area (Å²) in [5.41, 5.74) is 1.07. The molecule has 5 heteroatoms. The lowest BCUT2D eigenvalue weighted by Gasteiger charge is -2.20. The van der Waals surface area contributed by atoms with Crippen molar-refractivity contribution in [2.75, 3.05) is 20.8 Å². The van der Waals surface area contributed by atoms with E-state index in [0.717, 1.165) is 16.3 Å². The Bertz CT molecular complexity index is 749. The standard InChI is InChI=1S/C19H24O5/c1-11(2)10-23-16-15-9-12(3)7-8-14(15)17(24-13(4)20)19(22-6)18(16)21-5/h7-9,11H,10H2,1-6H3. The van der Waals surface area contributed by atoms with E-state index >= 15 is 0 Å². The molecule has 0 amide bonds. The lowest BCUT2D eigenvalue weighted by Crippen LogP contribution is -2.09. The quantitative estimate of drug-likeness (QED) is 0.588. The van der Waals surface area contributed by atoms with Crippen molar-refractivity contribution in [3.05, 3.63) is 23.8 Å². The predicted octanol–water partition coefficient (Wildman–Crippen LogP) is 4.13. The van der Waals surface area contributed by atoms with Gasteiger partial charge >= 0.3 is 5.97 Å². The summed E-state index contributed by atoms with van der Waals surface area (Å²) in [7, 11) is 3.05. The van der Waals surface area contributed by atoms with Crippen molar-refractivity contribution in [2.24, 2.45) is 5.92 Å². The smallest absolute Gasteiger partial charge is 0.308 e. The van der Waals surface area contributed by atoms with Gasteiger partial charge in [0.25, 0.3) is 0 Å². The molecule has 0 aliphatic carbocycles. The summed E-state index contributed by atoms with van der Waals surface area (Å²) >= 11 is 0. The van der Waals surface area contributed by atoms with Gasteiger partial charge < -0.3 is 18.9 Å². The lowest BCUT2D eigenvalue weighted by molar-refractivity contribution is -0.131. The second-order valence-electron chi connectivity index (χ2n) is 6.07. The number of ether oxygens (including phenoxy) is 4. The average molecular weight is 332 g/mol. The first-order valence-electron chi connectivity index (χ1n) is 7.88. The Hall–Kier alpha value is -2.43. The largest absolute Gasteiger partial charge is 0.490 e. The van der Waals surface area contributed by atoms with Crippen LogP contribution in [0.1, 0.15) is 26.3 Å². The molecular weight excluding hydrogens is 308 g/mol. The average Bonchev–Trinajstić information content (AvgIpc) is 2.52. The van der Waals surface area contributed by atoms with Crippen molar-refractivity contribution in [3.63, 3.8) is 0 Å². The van der Waals surface area contributed by atoms with E-state index in [4.69, 9.17) is 18.9 Å². The molecule has 0 spiro atoms. The molecule has 130 valence electrons. The number of carbonyl (C=O) groups is 1. The van der Waals surface area contributed by atoms with Gasteiger partial charge in [-0.25, -0.2) is 0 Å². The Balaban J connectivity index is 2.82. The fourth-order valence-electron chi connectivity index (χ4n) is 2.50. The molecule has 0 saturated heterocycles. The minimum Gasteiger partial charge on any atom is -0.490 e. The van der Waals surface area contributed by atoms with Crippen LogP contribution in [0.15, 0.2) is 18.2 Å². The maximum Gasteiger partial charge on any atom is 0.308 e. The van der Waals surface area contributed by atoms with Crippen molar-refractivity contribution < 1.29 is 23.7 Å². The zero-order valence-electron chi connectivity index (χ0n) is 15.1. The highest BCUT2D eigenvalue weighted by Crippen LogP contribution is 2.51. The molecule has 5 nitrogen and oxygen atoms in total. The molecule has 0 atom stereocenters. The molecule has 0 bridgehead atoms. The second kappa shape index (κ2) is 7.43. The van der Waals surface area contributed by atoms with E-state index < -0.39 is 5.97 Å². The van der Waals surface area contributed by atoms with Gasteiger partial charge in [0, 0.05) is 17.7 Å². The van der Waals surface area contributed by atoms with Gasteiger partial charge in [0.1, 0.15) is 0 Å². The van der Waals surface area contributed by atoms with E-state index in [1.807, 2.05) is 25.1 Å². The number of rotatable bonds is 6. The molecule has 0 radical (unpaired) electrons. The zero-order chi connectivity index (χ0) is 17.9. The van der Waals surface area contributed by atoms with Gasteiger partial charge in [-0.05, 0) is 18.9 Å². The third-order valence-electron chi connectivity index (χ3n) is 3.50. The Labute approximate surface area is 142 Å². The monoisotopic (exact) mass is 332 g/mol. The van der Waals surface area contributed by atoms with Crippen LogP contribution in [0.2, 0.25) is 0 Å². The Morgan fingerprint density at radius 3 is 2.17 bits per heavy atom. The molecule has 0 saturated carbocycles. The fraction of sp³-hybridized carbons (Fsp3) is 0.421. The number of fused-ring (bicyclic) bond motifs is 1. The van der Waals surface area contributed by atoms with Crippen LogP contribution in [-0.4, -0.2) is 26.8 Å². The van der Waals surface area contributed by atoms with Crippen LogP contribution >= 0.6 is 0 Å². The third-order valence-corrected chi connectivity index (χ3v) is 3.50. The number of hydrogen-bond acceptors (Lipinski definition) is 5. The number of esters is 1. The molecular formula is C19H24O5. The van der Waals surface area contributed by atoms with Crippen molar-refractivity contribution in [1.29, 1.82) is 0 Å². The fourth-order valence-corrected chi connectivity index (χ4v) is 2.50. The lowest BCUT2D eigenvalue weighted by atomic mass is 10.0. The van der Waals surface area contributed by atoms with Crippen LogP contribution in [0, 0.1) is 12.8 Å². The predicted molar refractivity (Wildman–Crippen MR) is 93.4 cm³/mol. The van der Waals surface area contributed by atoms with Gasteiger partial charge in [-0.15, -0.1) is 0 Å². The molecule has 24 heavy (non-hydrogen) atoms. The first kappa shape index (κ1) is 17.9. The number of benzene rings is 2. The van der Waals surface area contributed by atoms with Gasteiger partial charge in [-0.3, -0.25) is 4.79 Å². The van der Waals surface area contributed by atoms with Crippen LogP contribution in [0.5, 0.6) is 23.0 Å². The summed E-state index contributed by atoms with van der Waals surface area (Å²) in [5.74, 6) is 1.64. The van der Waals surface area contributed by atoms with Crippen LogP contribution in [0.4, 0.5) is 0 Å². The highest BCUT2D eigenvalue weighted by Gasteiger charge is 2.25. The Kier molecular flexibility index (Phi) is 5.54.